The minimum atomic E-state index is -0.0894. The molecule has 0 heterocycles. The highest BCUT2D eigenvalue weighted by atomic mass is 16.5. The number of ether oxygens (including phenoxy) is 1. The SMILES string of the molecule is CCCC(NC1CC1C)C(=O)OCC. The van der Waals surface area contributed by atoms with Gasteiger partial charge in [-0.3, -0.25) is 4.79 Å². The van der Waals surface area contributed by atoms with Crippen molar-refractivity contribution in [3.63, 3.8) is 0 Å². The fourth-order valence-electron chi connectivity index (χ4n) is 1.61. The van der Waals surface area contributed by atoms with Crippen molar-refractivity contribution >= 4 is 5.97 Å². The van der Waals surface area contributed by atoms with Gasteiger partial charge in [-0.05, 0) is 25.7 Å². The van der Waals surface area contributed by atoms with Gasteiger partial charge in [0.2, 0.25) is 0 Å². The van der Waals surface area contributed by atoms with Gasteiger partial charge < -0.3 is 10.1 Å². The van der Waals surface area contributed by atoms with Gasteiger partial charge in [-0.2, -0.15) is 0 Å². The van der Waals surface area contributed by atoms with Crippen molar-refractivity contribution in [2.45, 2.75) is 52.1 Å². The van der Waals surface area contributed by atoms with Crippen LogP contribution in [0.5, 0.6) is 0 Å². The minimum Gasteiger partial charge on any atom is -0.465 e. The summed E-state index contributed by atoms with van der Waals surface area (Å²) in [6.07, 6.45) is 3.08. The van der Waals surface area contributed by atoms with Gasteiger partial charge in [0.15, 0.2) is 0 Å². The third kappa shape index (κ3) is 3.29. The predicted octanol–water partition coefficient (Wildman–Crippen LogP) is 1.72. The zero-order valence-corrected chi connectivity index (χ0v) is 9.38. The van der Waals surface area contributed by atoms with Gasteiger partial charge in [-0.1, -0.05) is 20.3 Å². The lowest BCUT2D eigenvalue weighted by Gasteiger charge is -2.16. The summed E-state index contributed by atoms with van der Waals surface area (Å²) >= 11 is 0. The van der Waals surface area contributed by atoms with Crippen LogP contribution in [0.2, 0.25) is 0 Å². The first-order chi connectivity index (χ1) is 6.69. The summed E-state index contributed by atoms with van der Waals surface area (Å²) < 4.78 is 5.02. The van der Waals surface area contributed by atoms with Crippen LogP contribution in [-0.2, 0) is 9.53 Å². The number of nitrogens with one attached hydrogen (secondary N) is 1. The molecule has 0 radical (unpaired) electrons. The van der Waals surface area contributed by atoms with E-state index in [1.54, 1.807) is 0 Å². The van der Waals surface area contributed by atoms with Crippen molar-refractivity contribution in [3.8, 4) is 0 Å². The molecule has 1 aliphatic carbocycles. The largest absolute Gasteiger partial charge is 0.465 e. The van der Waals surface area contributed by atoms with Crippen molar-refractivity contribution in [3.05, 3.63) is 0 Å². The van der Waals surface area contributed by atoms with Crippen LogP contribution in [0.1, 0.15) is 40.0 Å². The Morgan fingerprint density at radius 1 is 1.57 bits per heavy atom. The quantitative estimate of drug-likeness (QED) is 0.662. The number of hydrogen-bond donors (Lipinski definition) is 1. The Bertz CT molecular complexity index is 194. The molecular weight excluding hydrogens is 178 g/mol. The molecule has 1 fully saturated rings. The maximum absolute atomic E-state index is 11.5. The molecule has 3 unspecified atom stereocenters. The lowest BCUT2D eigenvalue weighted by molar-refractivity contribution is -0.145. The van der Waals surface area contributed by atoms with Gasteiger partial charge in [0.25, 0.3) is 0 Å². The molecule has 1 aliphatic rings. The van der Waals surface area contributed by atoms with Crippen LogP contribution in [-0.4, -0.2) is 24.7 Å². The summed E-state index contributed by atoms with van der Waals surface area (Å²) in [6.45, 7) is 6.61. The van der Waals surface area contributed by atoms with E-state index in [-0.39, 0.29) is 12.0 Å². The maximum Gasteiger partial charge on any atom is 0.323 e. The van der Waals surface area contributed by atoms with Gasteiger partial charge in [-0.15, -0.1) is 0 Å². The number of rotatable bonds is 6. The number of carbonyl (C=O) groups excluding carboxylic acids is 1. The van der Waals surface area contributed by atoms with E-state index in [9.17, 15) is 4.79 Å². The zero-order valence-electron chi connectivity index (χ0n) is 9.38. The Morgan fingerprint density at radius 2 is 2.21 bits per heavy atom. The van der Waals surface area contributed by atoms with Crippen molar-refractivity contribution in [2.75, 3.05) is 6.61 Å². The van der Waals surface area contributed by atoms with Crippen LogP contribution < -0.4 is 5.32 Å². The molecule has 0 amide bonds. The molecule has 0 aromatic carbocycles. The van der Waals surface area contributed by atoms with Crippen LogP contribution in [0.25, 0.3) is 0 Å². The van der Waals surface area contributed by atoms with E-state index in [0.29, 0.717) is 12.6 Å². The van der Waals surface area contributed by atoms with Gasteiger partial charge >= 0.3 is 5.97 Å². The summed E-state index contributed by atoms with van der Waals surface area (Å²) in [7, 11) is 0. The molecule has 1 N–H and O–H groups in total. The molecular formula is C11H21NO2. The molecule has 0 saturated heterocycles. The fraction of sp³-hybridized carbons (Fsp3) is 0.909. The molecule has 3 atom stereocenters. The molecule has 0 spiro atoms. The predicted molar refractivity (Wildman–Crippen MR) is 56.0 cm³/mol. The van der Waals surface area contributed by atoms with Crippen LogP contribution >= 0.6 is 0 Å². The first-order valence-electron chi connectivity index (χ1n) is 5.61. The Kier molecular flexibility index (Phi) is 4.39. The van der Waals surface area contributed by atoms with Crippen molar-refractivity contribution in [2.24, 2.45) is 5.92 Å². The molecule has 0 aliphatic heterocycles. The molecule has 0 aromatic rings. The second kappa shape index (κ2) is 5.35. The highest BCUT2D eigenvalue weighted by Gasteiger charge is 2.35. The molecule has 3 heteroatoms. The minimum absolute atomic E-state index is 0.0881. The first kappa shape index (κ1) is 11.5. The number of esters is 1. The second-order valence-corrected chi connectivity index (χ2v) is 4.08. The summed E-state index contributed by atoms with van der Waals surface area (Å²) in [6, 6.07) is 0.450. The van der Waals surface area contributed by atoms with Crippen LogP contribution in [0.15, 0.2) is 0 Å². The smallest absolute Gasteiger partial charge is 0.323 e. The summed E-state index contributed by atoms with van der Waals surface area (Å²) in [4.78, 5) is 11.5. The third-order valence-corrected chi connectivity index (χ3v) is 2.67. The average Bonchev–Trinajstić information content (AvgIpc) is 2.81. The molecule has 1 saturated carbocycles. The Labute approximate surface area is 86.2 Å². The Balaban J connectivity index is 2.33. The van der Waals surface area contributed by atoms with E-state index in [0.717, 1.165) is 18.8 Å². The standard InChI is InChI=1S/C11H21NO2/c1-4-6-9(11(13)14-5-2)12-10-7-8(10)3/h8-10,12H,4-7H2,1-3H3. The van der Waals surface area contributed by atoms with Gasteiger partial charge in [0.1, 0.15) is 6.04 Å². The first-order valence-corrected chi connectivity index (χ1v) is 5.61. The molecule has 3 nitrogen and oxygen atoms in total. The highest BCUT2D eigenvalue weighted by Crippen LogP contribution is 2.29. The van der Waals surface area contributed by atoms with E-state index in [1.807, 2.05) is 6.92 Å². The zero-order chi connectivity index (χ0) is 10.6. The average molecular weight is 199 g/mol. The maximum atomic E-state index is 11.5. The molecule has 14 heavy (non-hydrogen) atoms. The molecule has 0 bridgehead atoms. The summed E-state index contributed by atoms with van der Waals surface area (Å²) in [5, 5.41) is 3.35. The topological polar surface area (TPSA) is 38.3 Å². The Morgan fingerprint density at radius 3 is 2.64 bits per heavy atom. The van der Waals surface area contributed by atoms with E-state index < -0.39 is 0 Å². The second-order valence-electron chi connectivity index (χ2n) is 4.08. The molecule has 1 rings (SSSR count). The molecule has 82 valence electrons. The highest BCUT2D eigenvalue weighted by molar-refractivity contribution is 5.75. The number of carbonyl (C=O) groups is 1. The van der Waals surface area contributed by atoms with E-state index in [1.165, 1.54) is 6.42 Å². The molecule has 0 aromatic heterocycles. The van der Waals surface area contributed by atoms with E-state index >= 15 is 0 Å². The van der Waals surface area contributed by atoms with E-state index in [4.69, 9.17) is 4.74 Å². The summed E-state index contributed by atoms with van der Waals surface area (Å²) in [5.41, 5.74) is 0. The van der Waals surface area contributed by atoms with Gasteiger partial charge in [0.05, 0.1) is 6.61 Å². The van der Waals surface area contributed by atoms with Crippen LogP contribution in [0.4, 0.5) is 0 Å². The van der Waals surface area contributed by atoms with Crippen LogP contribution in [0.3, 0.4) is 0 Å². The normalized spacial score (nSPS) is 27.1. The van der Waals surface area contributed by atoms with Crippen molar-refractivity contribution in [1.29, 1.82) is 0 Å². The lowest BCUT2D eigenvalue weighted by atomic mass is 10.1. The van der Waals surface area contributed by atoms with Gasteiger partial charge in [0, 0.05) is 6.04 Å². The third-order valence-electron chi connectivity index (χ3n) is 2.67. The van der Waals surface area contributed by atoms with Crippen LogP contribution in [0, 0.1) is 5.92 Å². The fourth-order valence-corrected chi connectivity index (χ4v) is 1.61. The van der Waals surface area contributed by atoms with E-state index in [2.05, 4.69) is 19.2 Å². The Hall–Kier alpha value is -0.570. The number of hydrogen-bond acceptors (Lipinski definition) is 3. The van der Waals surface area contributed by atoms with Gasteiger partial charge in [-0.25, -0.2) is 0 Å². The lowest BCUT2D eigenvalue weighted by Crippen LogP contribution is -2.39. The summed E-state index contributed by atoms with van der Waals surface area (Å²) in [5.74, 6) is 0.636. The monoisotopic (exact) mass is 199 g/mol. The van der Waals surface area contributed by atoms with Crippen molar-refractivity contribution < 1.29 is 9.53 Å². The van der Waals surface area contributed by atoms with Crippen molar-refractivity contribution in [1.82, 2.24) is 5.32 Å².